The molecule has 1 heterocycles. The summed E-state index contributed by atoms with van der Waals surface area (Å²) < 4.78 is 38.4. The van der Waals surface area contributed by atoms with Crippen molar-refractivity contribution >= 4 is 17.4 Å². The zero-order valence-electron chi connectivity index (χ0n) is 12.6. The number of halogens is 4. The molecule has 21 heavy (non-hydrogen) atoms. The second-order valence-corrected chi connectivity index (χ2v) is 5.86. The third kappa shape index (κ3) is 6.05. The fourth-order valence-electron chi connectivity index (χ4n) is 1.77. The van der Waals surface area contributed by atoms with Crippen molar-refractivity contribution < 1.29 is 13.2 Å². The van der Waals surface area contributed by atoms with Crippen molar-refractivity contribution in [2.75, 3.05) is 38.6 Å². The van der Waals surface area contributed by atoms with Crippen molar-refractivity contribution in [1.82, 2.24) is 14.9 Å². The Balaban J connectivity index is 3.08. The Morgan fingerprint density at radius 1 is 1.19 bits per heavy atom. The molecule has 0 unspecified atom stereocenters. The van der Waals surface area contributed by atoms with Gasteiger partial charge in [-0.3, -0.25) is 0 Å². The van der Waals surface area contributed by atoms with Gasteiger partial charge in [-0.15, -0.1) is 0 Å². The lowest BCUT2D eigenvalue weighted by Gasteiger charge is -2.27. The molecule has 1 aromatic rings. The predicted molar refractivity (Wildman–Crippen MR) is 77.6 cm³/mol. The van der Waals surface area contributed by atoms with Gasteiger partial charge in [0.15, 0.2) is 5.69 Å². The number of hydrogen-bond acceptors (Lipinski definition) is 4. The molecule has 0 aromatic carbocycles. The molecule has 1 rings (SSSR count). The number of alkyl halides is 3. The van der Waals surface area contributed by atoms with Gasteiger partial charge in [-0.25, -0.2) is 9.97 Å². The molecule has 0 fully saturated rings. The van der Waals surface area contributed by atoms with E-state index in [9.17, 15) is 13.2 Å². The molecule has 8 heteroatoms. The monoisotopic (exact) mass is 324 g/mol. The zero-order valence-corrected chi connectivity index (χ0v) is 13.3. The van der Waals surface area contributed by atoms with E-state index >= 15 is 0 Å². The number of rotatable bonds is 6. The highest BCUT2D eigenvalue weighted by Crippen LogP contribution is 2.30. The van der Waals surface area contributed by atoms with Crippen LogP contribution in [0.4, 0.5) is 19.0 Å². The maximum absolute atomic E-state index is 12.8. The fraction of sp³-hybridized carbons (Fsp3) is 0.692. The van der Waals surface area contributed by atoms with Crippen LogP contribution in [0.25, 0.3) is 0 Å². The van der Waals surface area contributed by atoms with E-state index in [2.05, 4.69) is 9.97 Å². The third-order valence-corrected chi connectivity index (χ3v) is 2.87. The van der Waals surface area contributed by atoms with Gasteiger partial charge in [0.2, 0.25) is 5.28 Å². The molecule has 0 saturated carbocycles. The van der Waals surface area contributed by atoms with Gasteiger partial charge in [-0.05, 0) is 31.6 Å². The van der Waals surface area contributed by atoms with E-state index in [4.69, 9.17) is 11.6 Å². The van der Waals surface area contributed by atoms with Gasteiger partial charge in [0.05, 0.1) is 0 Å². The van der Waals surface area contributed by atoms with Crippen LogP contribution in [0.5, 0.6) is 0 Å². The third-order valence-electron chi connectivity index (χ3n) is 2.70. The van der Waals surface area contributed by atoms with Crippen LogP contribution in [0.1, 0.15) is 19.5 Å². The Morgan fingerprint density at radius 2 is 1.81 bits per heavy atom. The normalized spacial score (nSPS) is 12.3. The molecular weight excluding hydrogens is 305 g/mol. The average molecular weight is 325 g/mol. The first-order chi connectivity index (χ1) is 9.59. The summed E-state index contributed by atoms with van der Waals surface area (Å²) in [5, 5.41) is -0.390. The van der Waals surface area contributed by atoms with E-state index in [1.54, 1.807) is 4.90 Å². The minimum Gasteiger partial charge on any atom is -0.355 e. The predicted octanol–water partition coefficient (Wildman–Crippen LogP) is 3.17. The summed E-state index contributed by atoms with van der Waals surface area (Å²) in [7, 11) is 3.81. The molecule has 120 valence electrons. The largest absolute Gasteiger partial charge is 0.433 e. The van der Waals surface area contributed by atoms with Gasteiger partial charge >= 0.3 is 6.18 Å². The maximum Gasteiger partial charge on any atom is 0.433 e. The lowest BCUT2D eigenvalue weighted by atomic mass is 10.2. The Bertz CT molecular complexity index is 463. The van der Waals surface area contributed by atoms with Gasteiger partial charge in [0, 0.05) is 25.7 Å². The number of hydrogen-bond donors (Lipinski definition) is 0. The molecule has 0 atom stereocenters. The second kappa shape index (κ2) is 7.26. The Kier molecular flexibility index (Phi) is 6.22. The lowest BCUT2D eigenvalue weighted by Crippen LogP contribution is -2.35. The van der Waals surface area contributed by atoms with Crippen molar-refractivity contribution in [1.29, 1.82) is 0 Å². The van der Waals surface area contributed by atoms with Crippen LogP contribution in [-0.4, -0.2) is 48.6 Å². The Labute approximate surface area is 127 Å². The van der Waals surface area contributed by atoms with E-state index in [-0.39, 0.29) is 11.7 Å². The second-order valence-electron chi connectivity index (χ2n) is 5.52. The summed E-state index contributed by atoms with van der Waals surface area (Å²) in [4.78, 5) is 11.0. The van der Waals surface area contributed by atoms with E-state index in [0.29, 0.717) is 19.6 Å². The molecule has 0 saturated heterocycles. The van der Waals surface area contributed by atoms with Gasteiger partial charge in [-0.1, -0.05) is 13.8 Å². The Hall–Kier alpha value is -1.08. The highest BCUT2D eigenvalue weighted by Gasteiger charge is 2.34. The summed E-state index contributed by atoms with van der Waals surface area (Å²) in [5.41, 5.74) is -1.02. The number of nitrogens with zero attached hydrogens (tertiary/aromatic N) is 4. The maximum atomic E-state index is 12.8. The summed E-state index contributed by atoms with van der Waals surface area (Å²) in [6, 6.07) is 0.948. The average Bonchev–Trinajstić information content (AvgIpc) is 2.32. The van der Waals surface area contributed by atoms with Gasteiger partial charge in [-0.2, -0.15) is 13.2 Å². The molecule has 0 aliphatic heterocycles. The SMILES string of the molecule is CC(C)CN(CCN(C)C)c1cc(C(F)(F)F)nc(Cl)n1. The van der Waals surface area contributed by atoms with Crippen LogP contribution >= 0.6 is 11.6 Å². The van der Waals surface area contributed by atoms with Crippen LogP contribution in [0.15, 0.2) is 6.07 Å². The molecule has 1 aromatic heterocycles. The number of anilines is 1. The van der Waals surface area contributed by atoms with Crippen molar-refractivity contribution in [3.63, 3.8) is 0 Å². The molecule has 0 aliphatic carbocycles. The summed E-state index contributed by atoms with van der Waals surface area (Å²) in [6.07, 6.45) is -4.54. The van der Waals surface area contributed by atoms with E-state index in [1.165, 1.54) is 0 Å². The zero-order chi connectivity index (χ0) is 16.2. The Morgan fingerprint density at radius 3 is 2.29 bits per heavy atom. The fourth-order valence-corrected chi connectivity index (χ4v) is 1.95. The molecule has 4 nitrogen and oxygen atoms in total. The minimum atomic E-state index is -4.54. The van der Waals surface area contributed by atoms with E-state index < -0.39 is 17.2 Å². The smallest absolute Gasteiger partial charge is 0.355 e. The molecule has 0 spiro atoms. The number of likely N-dealkylation sites (N-methyl/N-ethyl adjacent to an activating group) is 1. The summed E-state index contributed by atoms with van der Waals surface area (Å²) in [6.45, 7) is 5.86. The highest BCUT2D eigenvalue weighted by atomic mass is 35.5. The van der Waals surface area contributed by atoms with Crippen molar-refractivity contribution in [3.05, 3.63) is 17.0 Å². The topological polar surface area (TPSA) is 32.3 Å². The van der Waals surface area contributed by atoms with E-state index in [1.807, 2.05) is 32.8 Å². The summed E-state index contributed by atoms with van der Waals surface area (Å²) in [5.74, 6) is 0.494. The number of aromatic nitrogens is 2. The summed E-state index contributed by atoms with van der Waals surface area (Å²) >= 11 is 5.64. The molecule has 0 bridgehead atoms. The first-order valence-corrected chi connectivity index (χ1v) is 6.99. The van der Waals surface area contributed by atoms with Crippen molar-refractivity contribution in [3.8, 4) is 0 Å². The standard InChI is InChI=1S/C13H20ClF3N4/c1-9(2)8-21(6-5-20(3)4)11-7-10(13(15,16)17)18-12(14)19-11/h7,9H,5-6,8H2,1-4H3. The molecule has 0 aliphatic rings. The molecule has 0 amide bonds. The van der Waals surface area contributed by atoms with Crippen LogP contribution in [0, 0.1) is 5.92 Å². The van der Waals surface area contributed by atoms with Crippen LogP contribution < -0.4 is 4.90 Å². The lowest BCUT2D eigenvalue weighted by molar-refractivity contribution is -0.141. The van der Waals surface area contributed by atoms with Crippen LogP contribution in [0.2, 0.25) is 5.28 Å². The van der Waals surface area contributed by atoms with Crippen LogP contribution in [0.3, 0.4) is 0 Å². The molecule has 0 radical (unpaired) electrons. The first-order valence-electron chi connectivity index (χ1n) is 6.61. The highest BCUT2D eigenvalue weighted by molar-refractivity contribution is 6.28. The van der Waals surface area contributed by atoms with Gasteiger partial charge in [0.1, 0.15) is 5.82 Å². The molecular formula is C13H20ClF3N4. The van der Waals surface area contributed by atoms with Crippen molar-refractivity contribution in [2.45, 2.75) is 20.0 Å². The molecule has 0 N–H and O–H groups in total. The van der Waals surface area contributed by atoms with Crippen LogP contribution in [-0.2, 0) is 6.18 Å². The first kappa shape index (κ1) is 18.0. The van der Waals surface area contributed by atoms with Gasteiger partial charge in [0.25, 0.3) is 0 Å². The van der Waals surface area contributed by atoms with Gasteiger partial charge < -0.3 is 9.80 Å². The minimum absolute atomic E-state index is 0.206. The quantitative estimate of drug-likeness (QED) is 0.752. The van der Waals surface area contributed by atoms with Crippen molar-refractivity contribution in [2.24, 2.45) is 5.92 Å². The van der Waals surface area contributed by atoms with E-state index in [0.717, 1.165) is 6.07 Å².